The van der Waals surface area contributed by atoms with Gasteiger partial charge in [0.25, 0.3) is 11.6 Å². The first-order valence-electron chi connectivity index (χ1n) is 11.0. The lowest BCUT2D eigenvalue weighted by molar-refractivity contribution is -0.384. The number of benzene rings is 3. The molecule has 0 aromatic heterocycles. The highest BCUT2D eigenvalue weighted by Gasteiger charge is 2.22. The van der Waals surface area contributed by atoms with E-state index in [2.05, 4.69) is 30.0 Å². The smallest absolute Gasteiger partial charge is 0.269 e. The van der Waals surface area contributed by atoms with E-state index < -0.39 is 4.92 Å². The van der Waals surface area contributed by atoms with Gasteiger partial charge in [0.05, 0.1) is 4.92 Å². The van der Waals surface area contributed by atoms with Crippen molar-refractivity contribution in [3.8, 4) is 5.75 Å². The summed E-state index contributed by atoms with van der Waals surface area (Å²) in [6, 6.07) is 22.6. The molecular weight excluding hydrogens is 418 g/mol. The second kappa shape index (κ2) is 10.2. The Morgan fingerprint density at radius 1 is 0.970 bits per heavy atom. The third-order valence-corrected chi connectivity index (χ3v) is 5.84. The van der Waals surface area contributed by atoms with E-state index >= 15 is 0 Å². The average molecular weight is 446 g/mol. The number of carbonyl (C=O) groups is 1. The van der Waals surface area contributed by atoms with Gasteiger partial charge in [0, 0.05) is 56.0 Å². The summed E-state index contributed by atoms with van der Waals surface area (Å²) >= 11 is 0. The number of aryl methyl sites for hydroxylation is 1. The van der Waals surface area contributed by atoms with Crippen molar-refractivity contribution in [2.24, 2.45) is 0 Å². The van der Waals surface area contributed by atoms with E-state index in [0.717, 1.165) is 18.7 Å². The summed E-state index contributed by atoms with van der Waals surface area (Å²) in [5, 5.41) is 11.2. The monoisotopic (exact) mass is 445 g/mol. The van der Waals surface area contributed by atoms with E-state index in [1.165, 1.54) is 23.4 Å². The van der Waals surface area contributed by atoms with Gasteiger partial charge in [0.2, 0.25) is 0 Å². The SMILES string of the molecule is Cc1cccc(N2CCN(C(=O)COc3ccc([N+](=O)[O-])cc3Cc3ccccc3)CC2)c1. The molecule has 0 aliphatic carbocycles. The van der Waals surface area contributed by atoms with E-state index in [0.29, 0.717) is 30.8 Å². The standard InChI is InChI=1S/C26H27N3O4/c1-20-6-5-9-23(16-20)27-12-14-28(15-13-27)26(30)19-33-25-11-10-24(29(31)32)18-22(25)17-21-7-3-2-4-8-21/h2-11,16,18H,12-15,17,19H2,1H3. The topological polar surface area (TPSA) is 75.9 Å². The number of nitro groups is 1. The minimum atomic E-state index is -0.420. The summed E-state index contributed by atoms with van der Waals surface area (Å²) in [6.45, 7) is 4.79. The van der Waals surface area contributed by atoms with Crippen molar-refractivity contribution in [1.82, 2.24) is 4.90 Å². The number of anilines is 1. The van der Waals surface area contributed by atoms with Crippen LogP contribution in [0, 0.1) is 17.0 Å². The van der Waals surface area contributed by atoms with Crippen molar-refractivity contribution < 1.29 is 14.5 Å². The van der Waals surface area contributed by atoms with Gasteiger partial charge in [0.15, 0.2) is 6.61 Å². The number of amides is 1. The van der Waals surface area contributed by atoms with Gasteiger partial charge in [-0.05, 0) is 36.2 Å². The molecule has 0 bridgehead atoms. The van der Waals surface area contributed by atoms with Gasteiger partial charge in [-0.25, -0.2) is 0 Å². The second-order valence-electron chi connectivity index (χ2n) is 8.21. The normalized spacial score (nSPS) is 13.6. The molecule has 3 aromatic carbocycles. The van der Waals surface area contributed by atoms with Crippen LogP contribution in [0.5, 0.6) is 5.75 Å². The number of hydrogen-bond acceptors (Lipinski definition) is 5. The largest absolute Gasteiger partial charge is 0.483 e. The zero-order chi connectivity index (χ0) is 23.2. The van der Waals surface area contributed by atoms with E-state index in [1.54, 1.807) is 6.07 Å². The van der Waals surface area contributed by atoms with Crippen molar-refractivity contribution in [3.63, 3.8) is 0 Å². The Morgan fingerprint density at radius 3 is 2.42 bits per heavy atom. The van der Waals surface area contributed by atoms with Crippen LogP contribution in [-0.4, -0.2) is 48.5 Å². The van der Waals surface area contributed by atoms with Gasteiger partial charge >= 0.3 is 0 Å². The lowest BCUT2D eigenvalue weighted by Crippen LogP contribution is -2.50. The van der Waals surface area contributed by atoms with Crippen LogP contribution in [0.15, 0.2) is 72.8 Å². The Morgan fingerprint density at radius 2 is 1.73 bits per heavy atom. The van der Waals surface area contributed by atoms with Gasteiger partial charge in [-0.15, -0.1) is 0 Å². The summed E-state index contributed by atoms with van der Waals surface area (Å²) < 4.78 is 5.86. The summed E-state index contributed by atoms with van der Waals surface area (Å²) in [6.07, 6.45) is 0.487. The molecule has 1 heterocycles. The summed E-state index contributed by atoms with van der Waals surface area (Å²) in [5.41, 5.74) is 4.10. The first-order chi connectivity index (χ1) is 16.0. The molecule has 0 unspecified atom stereocenters. The Hall–Kier alpha value is -3.87. The fourth-order valence-corrected chi connectivity index (χ4v) is 4.04. The highest BCUT2D eigenvalue weighted by Crippen LogP contribution is 2.27. The van der Waals surface area contributed by atoms with Crippen LogP contribution in [-0.2, 0) is 11.2 Å². The number of piperazine rings is 1. The number of ether oxygens (including phenoxy) is 1. The van der Waals surface area contributed by atoms with E-state index in [-0.39, 0.29) is 18.2 Å². The molecule has 0 saturated carbocycles. The third kappa shape index (κ3) is 5.68. The maximum Gasteiger partial charge on any atom is 0.269 e. The van der Waals surface area contributed by atoms with Crippen LogP contribution in [0.2, 0.25) is 0 Å². The zero-order valence-electron chi connectivity index (χ0n) is 18.6. The molecule has 1 aliphatic rings. The molecule has 0 N–H and O–H groups in total. The Labute approximate surface area is 193 Å². The first-order valence-corrected chi connectivity index (χ1v) is 11.0. The highest BCUT2D eigenvalue weighted by atomic mass is 16.6. The van der Waals surface area contributed by atoms with Crippen molar-refractivity contribution in [3.05, 3.63) is 99.6 Å². The predicted octanol–water partition coefficient (Wildman–Crippen LogP) is 4.22. The first kappa shape index (κ1) is 22.3. The molecule has 33 heavy (non-hydrogen) atoms. The number of nitro benzene ring substituents is 1. The molecule has 3 aromatic rings. The lowest BCUT2D eigenvalue weighted by atomic mass is 10.0. The van der Waals surface area contributed by atoms with Gasteiger partial charge in [-0.2, -0.15) is 0 Å². The molecule has 170 valence electrons. The second-order valence-corrected chi connectivity index (χ2v) is 8.21. The van der Waals surface area contributed by atoms with E-state index in [1.807, 2.05) is 41.3 Å². The summed E-state index contributed by atoms with van der Waals surface area (Å²) in [5.74, 6) is 0.416. The van der Waals surface area contributed by atoms with Crippen molar-refractivity contribution in [2.75, 3.05) is 37.7 Å². The molecule has 1 saturated heterocycles. The van der Waals surface area contributed by atoms with Crippen molar-refractivity contribution >= 4 is 17.3 Å². The molecule has 0 radical (unpaired) electrons. The van der Waals surface area contributed by atoms with E-state index in [9.17, 15) is 14.9 Å². The fourth-order valence-electron chi connectivity index (χ4n) is 4.04. The van der Waals surface area contributed by atoms with Crippen LogP contribution in [0.3, 0.4) is 0 Å². The summed E-state index contributed by atoms with van der Waals surface area (Å²) in [7, 11) is 0. The molecule has 1 aliphatic heterocycles. The average Bonchev–Trinajstić information content (AvgIpc) is 2.83. The van der Waals surface area contributed by atoms with Crippen molar-refractivity contribution in [2.45, 2.75) is 13.3 Å². The van der Waals surface area contributed by atoms with Crippen LogP contribution < -0.4 is 9.64 Å². The number of nitrogens with zero attached hydrogens (tertiary/aromatic N) is 3. The Balaban J connectivity index is 1.38. The van der Waals surface area contributed by atoms with Gasteiger partial charge in [0.1, 0.15) is 5.75 Å². The molecule has 7 nitrogen and oxygen atoms in total. The Bertz CT molecular complexity index is 1130. The van der Waals surface area contributed by atoms with E-state index in [4.69, 9.17) is 4.74 Å². The number of hydrogen-bond donors (Lipinski definition) is 0. The molecule has 0 spiro atoms. The molecule has 7 heteroatoms. The Kier molecular flexibility index (Phi) is 6.88. The molecule has 0 atom stereocenters. The van der Waals surface area contributed by atoms with Gasteiger partial charge in [-0.3, -0.25) is 14.9 Å². The zero-order valence-corrected chi connectivity index (χ0v) is 18.6. The predicted molar refractivity (Wildman–Crippen MR) is 128 cm³/mol. The lowest BCUT2D eigenvalue weighted by Gasteiger charge is -2.36. The number of non-ortho nitro benzene ring substituents is 1. The fraction of sp³-hybridized carbons (Fsp3) is 0.269. The van der Waals surface area contributed by atoms with Crippen LogP contribution in [0.4, 0.5) is 11.4 Å². The maximum absolute atomic E-state index is 12.8. The quantitative estimate of drug-likeness (QED) is 0.402. The third-order valence-electron chi connectivity index (χ3n) is 5.84. The molecule has 1 fully saturated rings. The van der Waals surface area contributed by atoms with Gasteiger partial charge in [-0.1, -0.05) is 42.5 Å². The van der Waals surface area contributed by atoms with Crippen molar-refractivity contribution in [1.29, 1.82) is 0 Å². The molecule has 4 rings (SSSR count). The van der Waals surface area contributed by atoms with Crippen LogP contribution in [0.25, 0.3) is 0 Å². The molecule has 1 amide bonds. The maximum atomic E-state index is 12.8. The van der Waals surface area contributed by atoms with Crippen LogP contribution >= 0.6 is 0 Å². The van der Waals surface area contributed by atoms with Gasteiger partial charge < -0.3 is 14.5 Å². The number of rotatable bonds is 7. The minimum absolute atomic E-state index is 0.00637. The number of carbonyl (C=O) groups excluding carboxylic acids is 1. The highest BCUT2D eigenvalue weighted by molar-refractivity contribution is 5.78. The molecular formula is C26H27N3O4. The minimum Gasteiger partial charge on any atom is -0.483 e. The van der Waals surface area contributed by atoms with Crippen LogP contribution in [0.1, 0.15) is 16.7 Å². The summed E-state index contributed by atoms with van der Waals surface area (Å²) in [4.78, 5) is 27.7.